The van der Waals surface area contributed by atoms with Crippen LogP contribution in [0.4, 0.5) is 0 Å². The summed E-state index contributed by atoms with van der Waals surface area (Å²) in [7, 11) is 0. The van der Waals surface area contributed by atoms with E-state index in [1.165, 1.54) is 16.7 Å². The van der Waals surface area contributed by atoms with Gasteiger partial charge in [-0.2, -0.15) is 0 Å². The van der Waals surface area contributed by atoms with E-state index in [2.05, 4.69) is 49.6 Å². The Morgan fingerprint density at radius 1 is 1.33 bits per heavy atom. The Hall–Kier alpha value is -1.35. The first-order valence-electron chi connectivity index (χ1n) is 6.63. The van der Waals surface area contributed by atoms with E-state index in [0.717, 1.165) is 19.5 Å². The minimum absolute atomic E-state index is 0.173. The molecule has 3 nitrogen and oxygen atoms in total. The van der Waals surface area contributed by atoms with Crippen LogP contribution in [0.25, 0.3) is 0 Å². The lowest BCUT2D eigenvalue weighted by Gasteiger charge is -2.27. The Balaban J connectivity index is 1.89. The maximum absolute atomic E-state index is 11.8. The van der Waals surface area contributed by atoms with E-state index in [1.54, 1.807) is 0 Å². The fraction of sp³-hybridized carbons (Fsp3) is 0.533. The Kier molecular flexibility index (Phi) is 4.02. The molecule has 0 radical (unpaired) electrons. The quantitative estimate of drug-likeness (QED) is 0.846. The summed E-state index contributed by atoms with van der Waals surface area (Å²) in [5.41, 5.74) is 3.87. The molecule has 1 aliphatic rings. The molecular weight excluding hydrogens is 224 g/mol. The highest BCUT2D eigenvalue weighted by Gasteiger charge is 2.25. The number of hydrogen-bond acceptors (Lipinski definition) is 2. The minimum Gasteiger partial charge on any atom is -0.353 e. The minimum atomic E-state index is 0.173. The van der Waals surface area contributed by atoms with Gasteiger partial charge in [0.05, 0.1) is 5.92 Å². The lowest BCUT2D eigenvalue weighted by Crippen LogP contribution is -2.52. The molecule has 0 aliphatic carbocycles. The lowest BCUT2D eigenvalue weighted by atomic mass is 9.99. The van der Waals surface area contributed by atoms with Crippen LogP contribution in [0.5, 0.6) is 0 Å². The summed E-state index contributed by atoms with van der Waals surface area (Å²) in [6, 6.07) is 6.76. The van der Waals surface area contributed by atoms with Gasteiger partial charge < -0.3 is 10.6 Å². The van der Waals surface area contributed by atoms with Crippen LogP contribution in [-0.4, -0.2) is 25.0 Å². The van der Waals surface area contributed by atoms with E-state index in [4.69, 9.17) is 0 Å². The molecule has 1 fully saturated rings. The summed E-state index contributed by atoms with van der Waals surface area (Å²) >= 11 is 0. The predicted molar refractivity (Wildman–Crippen MR) is 73.6 cm³/mol. The van der Waals surface area contributed by atoms with Gasteiger partial charge in [-0.15, -0.1) is 0 Å². The van der Waals surface area contributed by atoms with Gasteiger partial charge in [-0.3, -0.25) is 4.79 Å². The number of nitrogens with one attached hydrogen (secondary N) is 2. The van der Waals surface area contributed by atoms with Crippen molar-refractivity contribution in [3.8, 4) is 0 Å². The third kappa shape index (κ3) is 3.33. The normalized spacial score (nSPS) is 17.1. The van der Waals surface area contributed by atoms with Crippen LogP contribution in [0, 0.1) is 19.8 Å². The zero-order valence-corrected chi connectivity index (χ0v) is 11.4. The molecule has 1 saturated heterocycles. The molecule has 1 aromatic carbocycles. The molecular formula is C15H22N2O. The van der Waals surface area contributed by atoms with Gasteiger partial charge in [0.25, 0.3) is 0 Å². The van der Waals surface area contributed by atoms with E-state index in [9.17, 15) is 4.79 Å². The Bertz CT molecular complexity index is 418. The summed E-state index contributed by atoms with van der Waals surface area (Å²) in [6.07, 6.45) is 0.897. The second-order valence-electron chi connectivity index (χ2n) is 5.46. The van der Waals surface area contributed by atoms with Crippen LogP contribution in [0.15, 0.2) is 18.2 Å². The molecule has 1 aromatic rings. The van der Waals surface area contributed by atoms with Gasteiger partial charge in [-0.05, 0) is 32.8 Å². The molecule has 1 aliphatic heterocycles. The fourth-order valence-corrected chi connectivity index (χ4v) is 2.43. The first-order valence-corrected chi connectivity index (χ1v) is 6.63. The van der Waals surface area contributed by atoms with Crippen molar-refractivity contribution in [2.45, 2.75) is 33.2 Å². The highest BCUT2D eigenvalue weighted by molar-refractivity contribution is 5.80. The van der Waals surface area contributed by atoms with E-state index in [1.807, 2.05) is 0 Å². The molecule has 3 heteroatoms. The van der Waals surface area contributed by atoms with Gasteiger partial charge in [-0.1, -0.05) is 29.3 Å². The maximum atomic E-state index is 11.8. The maximum Gasteiger partial charge on any atom is 0.225 e. The number of amides is 1. The van der Waals surface area contributed by atoms with Crippen molar-refractivity contribution >= 4 is 5.91 Å². The molecule has 1 amide bonds. The second kappa shape index (κ2) is 5.53. The monoisotopic (exact) mass is 246 g/mol. The van der Waals surface area contributed by atoms with Crippen molar-refractivity contribution in [3.05, 3.63) is 34.9 Å². The molecule has 18 heavy (non-hydrogen) atoms. The number of hydrogen-bond donors (Lipinski definition) is 2. The third-order valence-corrected chi connectivity index (χ3v) is 3.36. The number of carbonyl (C=O) groups excluding carboxylic acids is 1. The molecule has 0 bridgehead atoms. The third-order valence-electron chi connectivity index (χ3n) is 3.36. The largest absolute Gasteiger partial charge is 0.353 e. The van der Waals surface area contributed by atoms with E-state index >= 15 is 0 Å². The van der Waals surface area contributed by atoms with Gasteiger partial charge in [0.1, 0.15) is 0 Å². The van der Waals surface area contributed by atoms with E-state index in [0.29, 0.717) is 0 Å². The predicted octanol–water partition coefficient (Wildman–Crippen LogP) is 1.57. The standard InChI is InChI=1S/C15H22N2O/c1-10-4-11(2)6-13(5-10)7-12(3)17-15(18)14-8-16-9-14/h4-6,12,14,16H,7-9H2,1-3H3,(H,17,18). The SMILES string of the molecule is Cc1cc(C)cc(CC(C)NC(=O)C2CNC2)c1. The van der Waals surface area contributed by atoms with Gasteiger partial charge in [-0.25, -0.2) is 0 Å². The van der Waals surface area contributed by atoms with Crippen molar-refractivity contribution in [2.24, 2.45) is 5.92 Å². The molecule has 0 spiro atoms. The summed E-state index contributed by atoms with van der Waals surface area (Å²) in [5.74, 6) is 0.359. The van der Waals surface area contributed by atoms with Crippen LogP contribution >= 0.6 is 0 Å². The van der Waals surface area contributed by atoms with Gasteiger partial charge in [0.2, 0.25) is 5.91 Å². The Labute approximate surface area is 109 Å². The van der Waals surface area contributed by atoms with Crippen molar-refractivity contribution in [3.63, 3.8) is 0 Å². The molecule has 1 atom stereocenters. The average molecular weight is 246 g/mol. The van der Waals surface area contributed by atoms with E-state index < -0.39 is 0 Å². The Morgan fingerprint density at radius 2 is 1.94 bits per heavy atom. The average Bonchev–Trinajstić information content (AvgIpc) is 2.11. The zero-order valence-electron chi connectivity index (χ0n) is 11.4. The molecule has 98 valence electrons. The number of rotatable bonds is 4. The van der Waals surface area contributed by atoms with Gasteiger partial charge in [0.15, 0.2) is 0 Å². The number of aryl methyl sites for hydroxylation is 2. The number of carbonyl (C=O) groups is 1. The van der Waals surface area contributed by atoms with Crippen molar-refractivity contribution in [2.75, 3.05) is 13.1 Å². The second-order valence-corrected chi connectivity index (χ2v) is 5.46. The van der Waals surface area contributed by atoms with Crippen LogP contribution in [0.3, 0.4) is 0 Å². The highest BCUT2D eigenvalue weighted by atomic mass is 16.2. The van der Waals surface area contributed by atoms with Gasteiger partial charge in [0, 0.05) is 19.1 Å². The summed E-state index contributed by atoms with van der Waals surface area (Å²) < 4.78 is 0. The number of benzene rings is 1. The van der Waals surface area contributed by atoms with Crippen LogP contribution in [-0.2, 0) is 11.2 Å². The summed E-state index contributed by atoms with van der Waals surface area (Å²) in [5, 5.41) is 6.21. The highest BCUT2D eigenvalue weighted by Crippen LogP contribution is 2.11. The molecule has 0 saturated carbocycles. The van der Waals surface area contributed by atoms with Crippen LogP contribution in [0.1, 0.15) is 23.6 Å². The molecule has 0 aromatic heterocycles. The molecule has 2 N–H and O–H groups in total. The molecule has 1 unspecified atom stereocenters. The van der Waals surface area contributed by atoms with Crippen molar-refractivity contribution in [1.82, 2.24) is 10.6 Å². The fourth-order valence-electron chi connectivity index (χ4n) is 2.43. The van der Waals surface area contributed by atoms with Crippen molar-refractivity contribution in [1.29, 1.82) is 0 Å². The first-order chi connectivity index (χ1) is 8.54. The van der Waals surface area contributed by atoms with Crippen molar-refractivity contribution < 1.29 is 4.79 Å². The van der Waals surface area contributed by atoms with E-state index in [-0.39, 0.29) is 17.9 Å². The molecule has 1 heterocycles. The summed E-state index contributed by atoms with van der Waals surface area (Å²) in [4.78, 5) is 11.8. The Morgan fingerprint density at radius 3 is 2.44 bits per heavy atom. The van der Waals surface area contributed by atoms with Crippen LogP contribution in [0.2, 0.25) is 0 Å². The molecule has 2 rings (SSSR count). The first kappa shape index (κ1) is 13.1. The summed E-state index contributed by atoms with van der Waals surface area (Å²) in [6.45, 7) is 7.94. The van der Waals surface area contributed by atoms with Gasteiger partial charge >= 0.3 is 0 Å². The topological polar surface area (TPSA) is 41.1 Å². The van der Waals surface area contributed by atoms with Crippen LogP contribution < -0.4 is 10.6 Å². The lowest BCUT2D eigenvalue weighted by molar-refractivity contribution is -0.127. The smallest absolute Gasteiger partial charge is 0.225 e. The zero-order chi connectivity index (χ0) is 13.1.